The Kier molecular flexibility index (Phi) is 28.6. The van der Waals surface area contributed by atoms with Gasteiger partial charge in [-0.3, -0.25) is 9.59 Å². The fourth-order valence-corrected chi connectivity index (χ4v) is 5.82. The number of carboxylic acids is 1. The smallest absolute Gasteiger partial charge is 0.335 e. The van der Waals surface area contributed by atoms with Crippen molar-refractivity contribution in [2.45, 2.75) is 198 Å². The van der Waals surface area contributed by atoms with E-state index in [0.717, 1.165) is 83.5 Å². The molecule has 6 unspecified atom stereocenters. The predicted octanol–water partition coefficient (Wildman–Crippen LogP) is 7.47. The first-order valence-corrected chi connectivity index (χ1v) is 19.9. The lowest BCUT2D eigenvalue weighted by Crippen LogP contribution is -2.60. The van der Waals surface area contributed by atoms with Crippen molar-refractivity contribution in [3.05, 3.63) is 24.3 Å². The molecule has 296 valence electrons. The van der Waals surface area contributed by atoms with E-state index in [1.54, 1.807) is 0 Å². The summed E-state index contributed by atoms with van der Waals surface area (Å²) in [6.07, 6.45) is 22.5. The van der Waals surface area contributed by atoms with E-state index >= 15 is 0 Å². The van der Waals surface area contributed by atoms with Crippen LogP contribution in [0.4, 0.5) is 0 Å². The second-order valence-corrected chi connectivity index (χ2v) is 13.8. The molecule has 0 bridgehead atoms. The van der Waals surface area contributed by atoms with Gasteiger partial charge in [0.05, 0.1) is 6.61 Å². The molecule has 0 aromatic carbocycles. The van der Waals surface area contributed by atoms with Gasteiger partial charge in [0.25, 0.3) is 0 Å². The van der Waals surface area contributed by atoms with Crippen LogP contribution in [0.3, 0.4) is 0 Å². The van der Waals surface area contributed by atoms with E-state index in [4.69, 9.17) is 18.9 Å². The van der Waals surface area contributed by atoms with Gasteiger partial charge in [-0.1, -0.05) is 115 Å². The summed E-state index contributed by atoms with van der Waals surface area (Å²) in [6.45, 7) is 3.70. The van der Waals surface area contributed by atoms with Crippen molar-refractivity contribution in [2.75, 3.05) is 13.2 Å². The fourth-order valence-electron chi connectivity index (χ4n) is 5.82. The quantitative estimate of drug-likeness (QED) is 0.0308. The van der Waals surface area contributed by atoms with Crippen molar-refractivity contribution in [2.24, 2.45) is 0 Å². The van der Waals surface area contributed by atoms with Crippen molar-refractivity contribution in [1.82, 2.24) is 0 Å². The highest BCUT2D eigenvalue weighted by molar-refractivity contribution is 5.73. The Labute approximate surface area is 307 Å². The molecule has 1 aliphatic heterocycles. The number of allylic oxidation sites excluding steroid dienone is 4. The van der Waals surface area contributed by atoms with Gasteiger partial charge in [-0.15, -0.1) is 0 Å². The van der Waals surface area contributed by atoms with E-state index in [2.05, 4.69) is 38.2 Å². The number of hydrogen-bond donors (Lipinski definition) is 4. The maximum Gasteiger partial charge on any atom is 0.335 e. The molecule has 1 aliphatic rings. The zero-order chi connectivity index (χ0) is 37.5. The third kappa shape index (κ3) is 23.8. The Bertz CT molecular complexity index is 953. The van der Waals surface area contributed by atoms with Gasteiger partial charge < -0.3 is 39.4 Å². The van der Waals surface area contributed by atoms with Gasteiger partial charge in [0.1, 0.15) is 24.9 Å². The van der Waals surface area contributed by atoms with Crippen LogP contribution in [0.2, 0.25) is 0 Å². The van der Waals surface area contributed by atoms with E-state index in [0.29, 0.717) is 12.8 Å². The Morgan fingerprint density at radius 2 is 1.08 bits per heavy atom. The highest BCUT2D eigenvalue weighted by Gasteiger charge is 2.47. The third-order valence-corrected chi connectivity index (χ3v) is 9.00. The van der Waals surface area contributed by atoms with Gasteiger partial charge in [0.15, 0.2) is 18.5 Å². The summed E-state index contributed by atoms with van der Waals surface area (Å²) in [5.41, 5.74) is 0. The number of carbonyl (C=O) groups excluding carboxylic acids is 2. The number of carbonyl (C=O) groups is 3. The number of ether oxygens (including phenoxy) is 4. The standard InChI is InChI=1S/C40H70O11/c1-3-5-7-9-11-13-15-16-17-18-19-21-22-24-26-28-33(41)48-30-32(31-49-40-37(45)35(43)36(44)38(51-40)39(46)47)50-34(42)29-27-25-23-20-14-12-10-8-6-4-2/h8,10,16-17,32,35-38,40,43-45H,3-7,9,11-15,18-31H2,1-2H3,(H,46,47)/b10-8-,17-16-. The third-order valence-electron chi connectivity index (χ3n) is 9.00. The summed E-state index contributed by atoms with van der Waals surface area (Å²) in [7, 11) is 0. The van der Waals surface area contributed by atoms with Crippen LogP contribution in [-0.2, 0) is 33.3 Å². The Balaban J connectivity index is 2.42. The van der Waals surface area contributed by atoms with E-state index < -0.39 is 61.3 Å². The second-order valence-electron chi connectivity index (χ2n) is 13.8. The number of aliphatic hydroxyl groups excluding tert-OH is 3. The maximum absolute atomic E-state index is 12.7. The molecular weight excluding hydrogens is 656 g/mol. The largest absolute Gasteiger partial charge is 0.479 e. The number of aliphatic hydroxyl groups is 3. The van der Waals surface area contributed by atoms with Gasteiger partial charge in [0, 0.05) is 12.8 Å². The molecule has 0 radical (unpaired) electrons. The summed E-state index contributed by atoms with van der Waals surface area (Å²) in [4.78, 5) is 36.6. The molecule has 0 aromatic heterocycles. The molecule has 0 saturated carbocycles. The lowest BCUT2D eigenvalue weighted by molar-refractivity contribution is -0.298. The molecule has 4 N–H and O–H groups in total. The molecule has 1 rings (SSSR count). The van der Waals surface area contributed by atoms with Crippen molar-refractivity contribution < 1.29 is 53.8 Å². The summed E-state index contributed by atoms with van der Waals surface area (Å²) < 4.78 is 21.6. The number of hydrogen-bond acceptors (Lipinski definition) is 10. The summed E-state index contributed by atoms with van der Waals surface area (Å²) in [5, 5.41) is 39.6. The molecule has 0 spiro atoms. The number of rotatable bonds is 32. The van der Waals surface area contributed by atoms with E-state index in [-0.39, 0.29) is 19.4 Å². The van der Waals surface area contributed by atoms with Crippen LogP contribution in [0.25, 0.3) is 0 Å². The Morgan fingerprint density at radius 3 is 1.61 bits per heavy atom. The van der Waals surface area contributed by atoms with Crippen molar-refractivity contribution in [1.29, 1.82) is 0 Å². The number of esters is 2. The highest BCUT2D eigenvalue weighted by atomic mass is 16.7. The van der Waals surface area contributed by atoms with Crippen molar-refractivity contribution >= 4 is 17.9 Å². The summed E-state index contributed by atoms with van der Waals surface area (Å²) >= 11 is 0. The minimum absolute atomic E-state index is 0.171. The molecule has 0 aliphatic carbocycles. The van der Waals surface area contributed by atoms with Crippen LogP contribution >= 0.6 is 0 Å². The molecule has 0 amide bonds. The summed E-state index contributed by atoms with van der Waals surface area (Å²) in [6, 6.07) is 0. The minimum Gasteiger partial charge on any atom is -0.479 e. The Hall–Kier alpha value is -2.31. The lowest BCUT2D eigenvalue weighted by Gasteiger charge is -2.38. The maximum atomic E-state index is 12.7. The molecule has 1 fully saturated rings. The molecule has 1 heterocycles. The lowest BCUT2D eigenvalue weighted by atomic mass is 9.99. The number of unbranched alkanes of at least 4 members (excludes halogenated alkanes) is 17. The fraction of sp³-hybridized carbons (Fsp3) is 0.825. The molecule has 11 heteroatoms. The molecule has 0 aromatic rings. The minimum atomic E-state index is -1.86. The first-order chi connectivity index (χ1) is 24.7. The van der Waals surface area contributed by atoms with Crippen LogP contribution in [0.15, 0.2) is 24.3 Å². The van der Waals surface area contributed by atoms with Crippen LogP contribution in [-0.4, -0.2) is 88.4 Å². The predicted molar refractivity (Wildman–Crippen MR) is 197 cm³/mol. The second kappa shape index (κ2) is 31.2. The molecule has 51 heavy (non-hydrogen) atoms. The van der Waals surface area contributed by atoms with Gasteiger partial charge in [0.2, 0.25) is 0 Å². The van der Waals surface area contributed by atoms with Gasteiger partial charge in [-0.05, 0) is 57.8 Å². The van der Waals surface area contributed by atoms with Crippen molar-refractivity contribution in [3.63, 3.8) is 0 Å². The van der Waals surface area contributed by atoms with Gasteiger partial charge >= 0.3 is 17.9 Å². The average molecular weight is 727 g/mol. The van der Waals surface area contributed by atoms with Crippen LogP contribution in [0.1, 0.15) is 162 Å². The zero-order valence-electron chi connectivity index (χ0n) is 31.6. The van der Waals surface area contributed by atoms with Crippen LogP contribution in [0.5, 0.6) is 0 Å². The van der Waals surface area contributed by atoms with E-state index in [9.17, 15) is 34.8 Å². The zero-order valence-corrected chi connectivity index (χ0v) is 31.6. The van der Waals surface area contributed by atoms with E-state index in [1.807, 2.05) is 0 Å². The first-order valence-electron chi connectivity index (χ1n) is 19.9. The SMILES string of the molecule is CCC/C=C\CCCCCCCC(=O)OC(COC(=O)CCCCCCC/C=C\CCCCCCCC)COC1OC(C(=O)O)C(O)C(O)C1O. The highest BCUT2D eigenvalue weighted by Crippen LogP contribution is 2.23. The van der Waals surface area contributed by atoms with Crippen molar-refractivity contribution in [3.8, 4) is 0 Å². The molecular formula is C40H70O11. The molecule has 6 atom stereocenters. The normalized spacial score (nSPS) is 21.3. The monoisotopic (exact) mass is 726 g/mol. The summed E-state index contributed by atoms with van der Waals surface area (Å²) in [5.74, 6) is -2.47. The van der Waals surface area contributed by atoms with Gasteiger partial charge in [-0.2, -0.15) is 0 Å². The van der Waals surface area contributed by atoms with Gasteiger partial charge in [-0.25, -0.2) is 4.79 Å². The Morgan fingerprint density at radius 1 is 0.588 bits per heavy atom. The molecule has 11 nitrogen and oxygen atoms in total. The van der Waals surface area contributed by atoms with Crippen LogP contribution in [0, 0.1) is 0 Å². The molecule has 1 saturated heterocycles. The first kappa shape index (κ1) is 46.7. The van der Waals surface area contributed by atoms with Crippen LogP contribution < -0.4 is 0 Å². The average Bonchev–Trinajstić information content (AvgIpc) is 3.11. The number of carboxylic acid groups (broad SMARTS) is 1. The number of aliphatic carboxylic acids is 1. The topological polar surface area (TPSA) is 169 Å². The van der Waals surface area contributed by atoms with E-state index in [1.165, 1.54) is 38.5 Å².